The Morgan fingerprint density at radius 2 is 1.69 bits per heavy atom. The first-order valence-electron chi connectivity index (χ1n) is 11.5. The molecule has 0 spiro atoms. The highest BCUT2D eigenvalue weighted by atomic mass is 35.5. The number of anilines is 5. The van der Waals surface area contributed by atoms with E-state index in [4.69, 9.17) is 16.3 Å². The molecule has 1 aliphatic heterocycles. The molecule has 10 heteroatoms. The van der Waals surface area contributed by atoms with Crippen molar-refractivity contribution in [3.63, 3.8) is 0 Å². The Bertz CT molecular complexity index is 1230. The van der Waals surface area contributed by atoms with Crippen molar-refractivity contribution in [2.24, 2.45) is 5.92 Å². The predicted octanol–water partition coefficient (Wildman–Crippen LogP) is 4.44. The lowest BCUT2D eigenvalue weighted by molar-refractivity contribution is -0.117. The number of para-hydroxylation sites is 2. The lowest BCUT2D eigenvalue weighted by Crippen LogP contribution is -2.40. The van der Waals surface area contributed by atoms with Crippen molar-refractivity contribution < 1.29 is 14.3 Å². The van der Waals surface area contributed by atoms with Crippen LogP contribution in [0.15, 0.2) is 54.7 Å². The molecule has 0 bridgehead atoms. The Kier molecular flexibility index (Phi) is 6.78. The number of nitrogens with zero attached hydrogens (tertiary/aromatic N) is 3. The second-order valence-electron chi connectivity index (χ2n) is 8.43. The van der Waals surface area contributed by atoms with Gasteiger partial charge in [-0.15, -0.1) is 0 Å². The topological polar surface area (TPSA) is 108 Å². The van der Waals surface area contributed by atoms with Gasteiger partial charge in [0.1, 0.15) is 5.02 Å². The smallest absolute Gasteiger partial charge is 0.254 e. The van der Waals surface area contributed by atoms with E-state index in [0.717, 1.165) is 18.5 Å². The van der Waals surface area contributed by atoms with Crippen molar-refractivity contribution in [3.8, 4) is 0 Å². The van der Waals surface area contributed by atoms with E-state index in [1.165, 1.54) is 6.20 Å². The van der Waals surface area contributed by atoms with Crippen molar-refractivity contribution in [1.82, 2.24) is 14.9 Å². The second kappa shape index (κ2) is 10.3. The van der Waals surface area contributed by atoms with Crippen LogP contribution in [0.1, 0.15) is 23.2 Å². The van der Waals surface area contributed by atoms with E-state index in [-0.39, 0.29) is 17.7 Å². The van der Waals surface area contributed by atoms with E-state index in [1.807, 2.05) is 36.4 Å². The van der Waals surface area contributed by atoms with Crippen LogP contribution >= 0.6 is 11.6 Å². The molecule has 3 N–H and O–H groups in total. The molecule has 0 radical (unpaired) electrons. The van der Waals surface area contributed by atoms with Crippen molar-refractivity contribution in [3.05, 3.63) is 65.3 Å². The number of morpholine rings is 1. The number of ether oxygens (including phenoxy) is 1. The van der Waals surface area contributed by atoms with Gasteiger partial charge < -0.3 is 25.6 Å². The fraction of sp³-hybridized carbons (Fsp3) is 0.280. The largest absolute Gasteiger partial charge is 0.378 e. The number of rotatable bonds is 7. The molecule has 35 heavy (non-hydrogen) atoms. The van der Waals surface area contributed by atoms with Gasteiger partial charge in [-0.3, -0.25) is 9.59 Å². The first-order chi connectivity index (χ1) is 17.1. The molecule has 0 unspecified atom stereocenters. The maximum Gasteiger partial charge on any atom is 0.254 e. The van der Waals surface area contributed by atoms with Crippen LogP contribution in [-0.2, 0) is 9.53 Å². The molecule has 5 rings (SSSR count). The van der Waals surface area contributed by atoms with Crippen LogP contribution < -0.4 is 16.0 Å². The van der Waals surface area contributed by atoms with Crippen LogP contribution in [0.25, 0.3) is 0 Å². The fourth-order valence-electron chi connectivity index (χ4n) is 3.70. The third-order valence-corrected chi connectivity index (χ3v) is 6.09. The summed E-state index contributed by atoms with van der Waals surface area (Å²) in [5.74, 6) is 0.838. The zero-order valence-corrected chi connectivity index (χ0v) is 19.7. The number of amides is 2. The molecule has 0 atom stereocenters. The molecule has 1 saturated heterocycles. The number of benzene rings is 2. The first kappa shape index (κ1) is 23.1. The standard InChI is InChI=1S/C25H25ClN6O3/c26-19-15-27-25(28-18-9-7-17(8-10-18)24(34)32-11-13-35-14-12-32)31-22(19)29-20-3-1-2-4-21(20)30-23(33)16-5-6-16/h1-4,7-10,15-16H,5-6,11-14H2,(H,30,33)(H2,27,28,29,31). The molecular weight excluding hydrogens is 468 g/mol. The maximum absolute atomic E-state index is 12.6. The molecule has 2 aliphatic rings. The van der Waals surface area contributed by atoms with Crippen LogP contribution in [0.2, 0.25) is 5.02 Å². The Morgan fingerprint density at radius 1 is 0.971 bits per heavy atom. The minimum absolute atomic E-state index is 0.0125. The Hall–Kier alpha value is -3.69. The number of halogens is 1. The zero-order chi connectivity index (χ0) is 24.2. The minimum atomic E-state index is -0.0125. The van der Waals surface area contributed by atoms with Crippen molar-refractivity contribution in [2.75, 3.05) is 42.3 Å². The van der Waals surface area contributed by atoms with Crippen LogP contribution in [0, 0.1) is 5.92 Å². The van der Waals surface area contributed by atoms with Gasteiger partial charge in [-0.25, -0.2) is 4.98 Å². The minimum Gasteiger partial charge on any atom is -0.378 e. The van der Waals surface area contributed by atoms with Gasteiger partial charge in [0.15, 0.2) is 5.82 Å². The molecule has 2 fully saturated rings. The summed E-state index contributed by atoms with van der Waals surface area (Å²) in [6, 6.07) is 14.6. The summed E-state index contributed by atoms with van der Waals surface area (Å²) in [6.45, 7) is 2.32. The third kappa shape index (κ3) is 5.70. The highest BCUT2D eigenvalue weighted by Gasteiger charge is 2.30. The average molecular weight is 493 g/mol. The Balaban J connectivity index is 1.28. The van der Waals surface area contributed by atoms with Gasteiger partial charge in [-0.2, -0.15) is 4.98 Å². The summed E-state index contributed by atoms with van der Waals surface area (Å²) in [6.07, 6.45) is 3.36. The number of nitrogens with one attached hydrogen (secondary N) is 3. The first-order valence-corrected chi connectivity index (χ1v) is 11.9. The molecule has 1 aromatic heterocycles. The molecular formula is C25H25ClN6O3. The number of carbonyl (C=O) groups excluding carboxylic acids is 2. The number of hydrogen-bond donors (Lipinski definition) is 3. The molecule has 180 valence electrons. The summed E-state index contributed by atoms with van der Waals surface area (Å²) >= 11 is 6.34. The van der Waals surface area contributed by atoms with Gasteiger partial charge >= 0.3 is 0 Å². The number of aromatic nitrogens is 2. The van der Waals surface area contributed by atoms with Gasteiger partial charge in [-0.05, 0) is 49.2 Å². The third-order valence-electron chi connectivity index (χ3n) is 5.82. The second-order valence-corrected chi connectivity index (χ2v) is 8.84. The van der Waals surface area contributed by atoms with Crippen molar-refractivity contribution in [1.29, 1.82) is 0 Å². The zero-order valence-electron chi connectivity index (χ0n) is 19.0. The molecule has 3 aromatic rings. The van der Waals surface area contributed by atoms with E-state index in [2.05, 4.69) is 25.9 Å². The quantitative estimate of drug-likeness (QED) is 0.447. The van der Waals surface area contributed by atoms with E-state index in [0.29, 0.717) is 60.0 Å². The van der Waals surface area contributed by atoms with Crippen molar-refractivity contribution in [2.45, 2.75) is 12.8 Å². The van der Waals surface area contributed by atoms with Gasteiger partial charge in [-0.1, -0.05) is 23.7 Å². The lowest BCUT2D eigenvalue weighted by atomic mass is 10.1. The van der Waals surface area contributed by atoms with E-state index in [1.54, 1.807) is 17.0 Å². The summed E-state index contributed by atoms with van der Waals surface area (Å²) in [5, 5.41) is 9.63. The molecule has 1 saturated carbocycles. The summed E-state index contributed by atoms with van der Waals surface area (Å²) in [4.78, 5) is 35.4. The van der Waals surface area contributed by atoms with Gasteiger partial charge in [0.25, 0.3) is 5.91 Å². The normalized spacial score (nSPS) is 15.4. The monoisotopic (exact) mass is 492 g/mol. The molecule has 1 aliphatic carbocycles. The predicted molar refractivity (Wildman–Crippen MR) is 135 cm³/mol. The van der Waals surface area contributed by atoms with E-state index in [9.17, 15) is 9.59 Å². The highest BCUT2D eigenvalue weighted by Crippen LogP contribution is 2.33. The summed E-state index contributed by atoms with van der Waals surface area (Å²) in [7, 11) is 0. The van der Waals surface area contributed by atoms with Gasteiger partial charge in [0.2, 0.25) is 11.9 Å². The molecule has 9 nitrogen and oxygen atoms in total. The van der Waals surface area contributed by atoms with Crippen molar-refractivity contribution >= 4 is 52.2 Å². The molecule has 2 aromatic carbocycles. The fourth-order valence-corrected chi connectivity index (χ4v) is 3.84. The van der Waals surface area contributed by atoms with Crippen LogP contribution in [-0.4, -0.2) is 53.0 Å². The average Bonchev–Trinajstić information content (AvgIpc) is 3.74. The number of carbonyl (C=O) groups is 2. The van der Waals surface area contributed by atoms with Gasteiger partial charge in [0.05, 0.1) is 30.8 Å². The highest BCUT2D eigenvalue weighted by molar-refractivity contribution is 6.33. The summed E-state index contributed by atoms with van der Waals surface area (Å²) in [5.41, 5.74) is 2.68. The number of hydrogen-bond acceptors (Lipinski definition) is 7. The van der Waals surface area contributed by atoms with Crippen LogP contribution in [0.3, 0.4) is 0 Å². The molecule has 2 heterocycles. The van der Waals surface area contributed by atoms with Gasteiger partial charge in [0, 0.05) is 30.3 Å². The summed E-state index contributed by atoms with van der Waals surface area (Å²) < 4.78 is 5.31. The lowest BCUT2D eigenvalue weighted by Gasteiger charge is -2.26. The Labute approximate surface area is 207 Å². The van der Waals surface area contributed by atoms with Crippen LogP contribution in [0.5, 0.6) is 0 Å². The Morgan fingerprint density at radius 3 is 2.40 bits per heavy atom. The molecule has 2 amide bonds. The van der Waals surface area contributed by atoms with E-state index >= 15 is 0 Å². The van der Waals surface area contributed by atoms with Crippen LogP contribution in [0.4, 0.5) is 28.8 Å². The SMILES string of the molecule is O=C(Nc1ccccc1Nc1nc(Nc2ccc(C(=O)N3CCOCC3)cc2)ncc1Cl)C1CC1. The maximum atomic E-state index is 12.6. The van der Waals surface area contributed by atoms with E-state index < -0.39 is 0 Å².